The van der Waals surface area contributed by atoms with Crippen LogP contribution >= 0.6 is 0 Å². The Kier molecular flexibility index (Phi) is 5.48. The third-order valence-corrected chi connectivity index (χ3v) is 3.79. The topological polar surface area (TPSA) is 15.3 Å². The van der Waals surface area contributed by atoms with Gasteiger partial charge in [0.25, 0.3) is 0 Å². The minimum atomic E-state index is -0.191. The number of nitrogens with one attached hydrogen (secondary N) is 1. The van der Waals surface area contributed by atoms with Gasteiger partial charge in [-0.3, -0.25) is 0 Å². The summed E-state index contributed by atoms with van der Waals surface area (Å²) in [6.45, 7) is 3.80. The van der Waals surface area contributed by atoms with Gasteiger partial charge in [-0.2, -0.15) is 0 Å². The van der Waals surface area contributed by atoms with Crippen LogP contribution < -0.4 is 5.32 Å². The Balaban J connectivity index is 1.98. The van der Waals surface area contributed by atoms with Crippen LogP contribution in [0, 0.1) is 12.7 Å². The highest BCUT2D eigenvalue weighted by Gasteiger charge is 2.13. The fourth-order valence-electron chi connectivity index (χ4n) is 2.44. The van der Waals surface area contributed by atoms with Gasteiger partial charge in [-0.15, -0.1) is 0 Å². The Bertz CT molecular complexity index is 564. The summed E-state index contributed by atoms with van der Waals surface area (Å²) in [7, 11) is 4.09. The van der Waals surface area contributed by atoms with Crippen molar-refractivity contribution in [2.24, 2.45) is 0 Å². The molecule has 0 aromatic heterocycles. The maximum Gasteiger partial charge on any atom is 0.123 e. The van der Waals surface area contributed by atoms with E-state index in [2.05, 4.69) is 41.4 Å². The van der Waals surface area contributed by atoms with Crippen LogP contribution in [0.3, 0.4) is 0 Å². The van der Waals surface area contributed by atoms with E-state index in [1.165, 1.54) is 23.3 Å². The largest absolute Gasteiger partial charge is 0.311 e. The Morgan fingerprint density at radius 1 is 1.05 bits per heavy atom. The first-order valence-electron chi connectivity index (χ1n) is 7.25. The molecular weight excluding hydrogens is 263 g/mol. The molecule has 0 aliphatic heterocycles. The molecule has 0 saturated heterocycles. The number of benzene rings is 2. The van der Waals surface area contributed by atoms with Crippen LogP contribution in [-0.4, -0.2) is 25.5 Å². The highest BCUT2D eigenvalue weighted by molar-refractivity contribution is 5.25. The molecule has 0 aliphatic rings. The number of halogens is 1. The molecule has 3 heteroatoms. The number of rotatable bonds is 6. The van der Waals surface area contributed by atoms with Crippen molar-refractivity contribution in [3.63, 3.8) is 0 Å². The zero-order valence-corrected chi connectivity index (χ0v) is 12.9. The SMILES string of the molecule is Cc1ccccc1CNCC(c1ccc(F)cc1)N(C)C. The summed E-state index contributed by atoms with van der Waals surface area (Å²) in [4.78, 5) is 2.15. The Morgan fingerprint density at radius 2 is 1.71 bits per heavy atom. The van der Waals surface area contributed by atoms with Gasteiger partial charge in [-0.05, 0) is 49.8 Å². The lowest BCUT2D eigenvalue weighted by Crippen LogP contribution is -2.31. The average molecular weight is 286 g/mol. The van der Waals surface area contributed by atoms with E-state index in [-0.39, 0.29) is 11.9 Å². The average Bonchev–Trinajstić information content (AvgIpc) is 2.46. The van der Waals surface area contributed by atoms with Crippen LogP contribution in [0.2, 0.25) is 0 Å². The van der Waals surface area contributed by atoms with Crippen LogP contribution in [0.1, 0.15) is 22.7 Å². The van der Waals surface area contributed by atoms with Gasteiger partial charge in [0.2, 0.25) is 0 Å². The van der Waals surface area contributed by atoms with Gasteiger partial charge in [-0.25, -0.2) is 4.39 Å². The molecule has 21 heavy (non-hydrogen) atoms. The quantitative estimate of drug-likeness (QED) is 0.874. The minimum Gasteiger partial charge on any atom is -0.311 e. The molecule has 2 nitrogen and oxygen atoms in total. The van der Waals surface area contributed by atoms with Crippen molar-refractivity contribution in [3.8, 4) is 0 Å². The Hall–Kier alpha value is -1.71. The smallest absolute Gasteiger partial charge is 0.123 e. The van der Waals surface area contributed by atoms with Gasteiger partial charge in [0, 0.05) is 19.1 Å². The Labute approximate surface area is 126 Å². The predicted octanol–water partition coefficient (Wildman–Crippen LogP) is 3.53. The third kappa shape index (κ3) is 4.38. The molecule has 0 radical (unpaired) electrons. The van der Waals surface area contributed by atoms with Crippen LogP contribution in [0.5, 0.6) is 0 Å². The second-order valence-corrected chi connectivity index (χ2v) is 5.59. The molecule has 1 unspecified atom stereocenters. The molecule has 2 aromatic rings. The van der Waals surface area contributed by atoms with E-state index in [9.17, 15) is 4.39 Å². The van der Waals surface area contributed by atoms with Crippen molar-refractivity contribution in [3.05, 3.63) is 71.0 Å². The lowest BCUT2D eigenvalue weighted by molar-refractivity contribution is 0.288. The van der Waals surface area contributed by atoms with E-state index in [1.54, 1.807) is 0 Å². The summed E-state index contributed by atoms with van der Waals surface area (Å²) < 4.78 is 13.0. The van der Waals surface area contributed by atoms with E-state index in [1.807, 2.05) is 26.2 Å². The van der Waals surface area contributed by atoms with Gasteiger partial charge in [0.15, 0.2) is 0 Å². The van der Waals surface area contributed by atoms with Gasteiger partial charge in [-0.1, -0.05) is 36.4 Å². The number of hydrogen-bond donors (Lipinski definition) is 1. The summed E-state index contributed by atoms with van der Waals surface area (Å²) >= 11 is 0. The molecule has 0 spiro atoms. The first-order chi connectivity index (χ1) is 10.1. The van der Waals surface area contributed by atoms with E-state index >= 15 is 0 Å². The lowest BCUT2D eigenvalue weighted by atomic mass is 10.1. The van der Waals surface area contributed by atoms with Crippen molar-refractivity contribution in [2.75, 3.05) is 20.6 Å². The molecular formula is C18H23FN2. The van der Waals surface area contributed by atoms with Gasteiger partial charge in [0.1, 0.15) is 5.82 Å². The van der Waals surface area contributed by atoms with Gasteiger partial charge < -0.3 is 10.2 Å². The normalized spacial score (nSPS) is 12.6. The van der Waals surface area contributed by atoms with Gasteiger partial charge >= 0.3 is 0 Å². The summed E-state index contributed by atoms with van der Waals surface area (Å²) in [5.41, 5.74) is 3.74. The molecule has 0 amide bonds. The summed E-state index contributed by atoms with van der Waals surface area (Å²) in [5.74, 6) is -0.191. The van der Waals surface area contributed by atoms with E-state index in [0.717, 1.165) is 18.7 Å². The highest BCUT2D eigenvalue weighted by Crippen LogP contribution is 2.18. The molecule has 2 rings (SSSR count). The minimum absolute atomic E-state index is 0.191. The van der Waals surface area contributed by atoms with Crippen LogP contribution in [0.15, 0.2) is 48.5 Å². The molecule has 0 fully saturated rings. The fourth-order valence-corrected chi connectivity index (χ4v) is 2.44. The lowest BCUT2D eigenvalue weighted by Gasteiger charge is -2.25. The van der Waals surface area contributed by atoms with Crippen molar-refractivity contribution >= 4 is 0 Å². The highest BCUT2D eigenvalue weighted by atomic mass is 19.1. The zero-order chi connectivity index (χ0) is 15.2. The van der Waals surface area contributed by atoms with E-state index in [4.69, 9.17) is 0 Å². The standard InChI is InChI=1S/C18H23FN2/c1-14-6-4-5-7-16(14)12-20-13-18(21(2)3)15-8-10-17(19)11-9-15/h4-11,18,20H,12-13H2,1-3H3. The molecule has 1 atom stereocenters. The summed E-state index contributed by atoms with van der Waals surface area (Å²) in [5, 5.41) is 3.50. The molecule has 2 aromatic carbocycles. The van der Waals surface area contributed by atoms with Crippen molar-refractivity contribution < 1.29 is 4.39 Å². The molecule has 0 aliphatic carbocycles. The number of likely N-dealkylation sites (N-methyl/N-ethyl adjacent to an activating group) is 1. The monoisotopic (exact) mass is 286 g/mol. The fraction of sp³-hybridized carbons (Fsp3) is 0.333. The second kappa shape index (κ2) is 7.34. The van der Waals surface area contributed by atoms with Crippen molar-refractivity contribution in [1.82, 2.24) is 10.2 Å². The number of hydrogen-bond acceptors (Lipinski definition) is 2. The van der Waals surface area contributed by atoms with Gasteiger partial charge in [0.05, 0.1) is 0 Å². The second-order valence-electron chi connectivity index (χ2n) is 5.59. The van der Waals surface area contributed by atoms with Crippen LogP contribution in [0.25, 0.3) is 0 Å². The summed E-state index contributed by atoms with van der Waals surface area (Å²) in [6, 6.07) is 15.4. The number of nitrogens with zero attached hydrogens (tertiary/aromatic N) is 1. The maximum absolute atomic E-state index is 13.0. The summed E-state index contributed by atoms with van der Waals surface area (Å²) in [6.07, 6.45) is 0. The molecule has 1 N–H and O–H groups in total. The van der Waals surface area contributed by atoms with Crippen molar-refractivity contribution in [1.29, 1.82) is 0 Å². The molecule has 0 heterocycles. The third-order valence-electron chi connectivity index (χ3n) is 3.79. The predicted molar refractivity (Wildman–Crippen MR) is 85.7 cm³/mol. The number of aryl methyl sites for hydroxylation is 1. The molecule has 112 valence electrons. The molecule has 0 saturated carbocycles. The van der Waals surface area contributed by atoms with Crippen LogP contribution in [0.4, 0.5) is 4.39 Å². The van der Waals surface area contributed by atoms with Crippen molar-refractivity contribution in [2.45, 2.75) is 19.5 Å². The van der Waals surface area contributed by atoms with E-state index < -0.39 is 0 Å². The van der Waals surface area contributed by atoms with E-state index in [0.29, 0.717) is 0 Å². The maximum atomic E-state index is 13.0. The van der Waals surface area contributed by atoms with Crippen LogP contribution in [-0.2, 0) is 6.54 Å². The Morgan fingerprint density at radius 3 is 2.33 bits per heavy atom. The first kappa shape index (κ1) is 15.7. The first-order valence-corrected chi connectivity index (χ1v) is 7.25. The molecule has 0 bridgehead atoms. The zero-order valence-electron chi connectivity index (χ0n) is 12.9.